The van der Waals surface area contributed by atoms with Gasteiger partial charge in [-0.2, -0.15) is 0 Å². The highest BCUT2D eigenvalue weighted by Gasteiger charge is 2.11. The number of carbonyl (C=O) groups excluding carboxylic acids is 1. The van der Waals surface area contributed by atoms with Crippen molar-refractivity contribution in [3.05, 3.63) is 23.8 Å². The fourth-order valence-corrected chi connectivity index (χ4v) is 1.12. The van der Waals surface area contributed by atoms with Crippen LogP contribution in [0.1, 0.15) is 17.3 Å². The van der Waals surface area contributed by atoms with E-state index in [0.717, 1.165) is 6.07 Å². The maximum atomic E-state index is 11.5. The molecule has 0 heterocycles. The molecule has 6 heteroatoms. The second kappa shape index (κ2) is 5.20. The number of carboxylic acid groups (broad SMARTS) is 1. The minimum absolute atomic E-state index is 0.0376. The summed E-state index contributed by atoms with van der Waals surface area (Å²) < 4.78 is 0. The zero-order valence-electron chi connectivity index (χ0n) is 9.60. The van der Waals surface area contributed by atoms with Crippen molar-refractivity contribution in [3.63, 3.8) is 0 Å². The molecule has 0 radical (unpaired) electrons. The zero-order valence-corrected chi connectivity index (χ0v) is 9.60. The van der Waals surface area contributed by atoms with E-state index in [9.17, 15) is 14.7 Å². The van der Waals surface area contributed by atoms with E-state index in [-0.39, 0.29) is 23.0 Å². The van der Waals surface area contributed by atoms with Gasteiger partial charge in [-0.3, -0.25) is 0 Å². The molecule has 0 saturated heterocycles. The van der Waals surface area contributed by atoms with E-state index in [0.29, 0.717) is 6.54 Å². The molecule has 0 aliphatic carbocycles. The summed E-state index contributed by atoms with van der Waals surface area (Å²) >= 11 is 0. The fourth-order valence-electron chi connectivity index (χ4n) is 1.12. The number of aromatic carboxylic acids is 1. The molecule has 1 aromatic carbocycles. The van der Waals surface area contributed by atoms with Crippen LogP contribution in [0.15, 0.2) is 18.2 Å². The van der Waals surface area contributed by atoms with Crippen LogP contribution in [-0.4, -0.2) is 40.7 Å². The molecule has 0 fully saturated rings. The van der Waals surface area contributed by atoms with Crippen molar-refractivity contribution in [2.75, 3.05) is 18.9 Å². The van der Waals surface area contributed by atoms with Gasteiger partial charge in [-0.25, -0.2) is 9.59 Å². The molecule has 0 aliphatic rings. The first-order chi connectivity index (χ1) is 7.95. The number of carbonyl (C=O) groups is 2. The fraction of sp³-hybridized carbons (Fsp3) is 0.273. The molecule has 0 saturated carbocycles. The van der Waals surface area contributed by atoms with Crippen molar-refractivity contribution >= 4 is 17.7 Å². The number of aromatic hydroxyl groups is 1. The largest absolute Gasteiger partial charge is 0.506 e. The summed E-state index contributed by atoms with van der Waals surface area (Å²) in [6.45, 7) is 2.34. The molecule has 0 aromatic heterocycles. The second-order valence-corrected chi connectivity index (χ2v) is 3.48. The van der Waals surface area contributed by atoms with Crippen LogP contribution in [0.3, 0.4) is 0 Å². The molecule has 1 aromatic rings. The van der Waals surface area contributed by atoms with Crippen molar-refractivity contribution in [3.8, 4) is 5.75 Å². The minimum Gasteiger partial charge on any atom is -0.506 e. The van der Waals surface area contributed by atoms with Crippen molar-refractivity contribution in [2.45, 2.75) is 6.92 Å². The second-order valence-electron chi connectivity index (χ2n) is 3.48. The van der Waals surface area contributed by atoms with Gasteiger partial charge in [0.05, 0.1) is 11.3 Å². The molecule has 0 unspecified atom stereocenters. The molecule has 92 valence electrons. The lowest BCUT2D eigenvalue weighted by molar-refractivity contribution is 0.0696. The normalized spacial score (nSPS) is 9.76. The van der Waals surface area contributed by atoms with Gasteiger partial charge in [0.2, 0.25) is 0 Å². The van der Waals surface area contributed by atoms with E-state index in [1.54, 1.807) is 7.05 Å². The van der Waals surface area contributed by atoms with Gasteiger partial charge < -0.3 is 20.4 Å². The van der Waals surface area contributed by atoms with E-state index < -0.39 is 5.97 Å². The van der Waals surface area contributed by atoms with Gasteiger partial charge in [-0.05, 0) is 25.1 Å². The Balaban J connectivity index is 2.86. The van der Waals surface area contributed by atoms with Gasteiger partial charge in [0, 0.05) is 13.6 Å². The van der Waals surface area contributed by atoms with E-state index in [4.69, 9.17) is 5.11 Å². The number of hydrogen-bond acceptors (Lipinski definition) is 3. The molecule has 3 N–H and O–H groups in total. The lowest BCUT2D eigenvalue weighted by atomic mass is 10.2. The van der Waals surface area contributed by atoms with E-state index >= 15 is 0 Å². The Morgan fingerprint density at radius 3 is 2.53 bits per heavy atom. The Labute approximate surface area is 98.5 Å². The van der Waals surface area contributed by atoms with Crippen LogP contribution in [-0.2, 0) is 0 Å². The molecule has 2 amide bonds. The smallest absolute Gasteiger partial charge is 0.335 e. The zero-order chi connectivity index (χ0) is 13.0. The highest BCUT2D eigenvalue weighted by molar-refractivity contribution is 5.93. The average molecular weight is 238 g/mol. The van der Waals surface area contributed by atoms with Crippen LogP contribution in [0.2, 0.25) is 0 Å². The van der Waals surface area contributed by atoms with Crippen molar-refractivity contribution in [2.24, 2.45) is 0 Å². The maximum absolute atomic E-state index is 11.5. The van der Waals surface area contributed by atoms with Crippen LogP contribution in [0, 0.1) is 0 Å². The molecule has 6 nitrogen and oxygen atoms in total. The summed E-state index contributed by atoms with van der Waals surface area (Å²) in [5, 5.41) is 20.7. The van der Waals surface area contributed by atoms with Crippen molar-refractivity contribution < 1.29 is 19.8 Å². The number of hydrogen-bond donors (Lipinski definition) is 3. The average Bonchev–Trinajstić information content (AvgIpc) is 2.30. The number of benzene rings is 1. The van der Waals surface area contributed by atoms with Crippen LogP contribution >= 0.6 is 0 Å². The predicted octanol–water partition coefficient (Wildman–Crippen LogP) is 1.57. The predicted molar refractivity (Wildman–Crippen MR) is 62.4 cm³/mol. The third kappa shape index (κ3) is 3.10. The Morgan fingerprint density at radius 2 is 2.06 bits per heavy atom. The van der Waals surface area contributed by atoms with E-state index in [1.807, 2.05) is 6.92 Å². The first kappa shape index (κ1) is 12.8. The minimum atomic E-state index is -1.14. The summed E-state index contributed by atoms with van der Waals surface area (Å²) in [6.07, 6.45) is 0. The SMILES string of the molecule is CCN(C)C(=O)Nc1ccc(C(=O)O)cc1O. The van der Waals surface area contributed by atoms with Gasteiger partial charge in [0.25, 0.3) is 0 Å². The highest BCUT2D eigenvalue weighted by atomic mass is 16.4. The van der Waals surface area contributed by atoms with Crippen LogP contribution in [0.4, 0.5) is 10.5 Å². The molecule has 17 heavy (non-hydrogen) atoms. The van der Waals surface area contributed by atoms with Crippen LogP contribution in [0.5, 0.6) is 5.75 Å². The van der Waals surface area contributed by atoms with Crippen molar-refractivity contribution in [1.29, 1.82) is 0 Å². The number of amides is 2. The number of nitrogens with one attached hydrogen (secondary N) is 1. The van der Waals surface area contributed by atoms with Gasteiger partial charge in [0.1, 0.15) is 5.75 Å². The summed E-state index contributed by atoms with van der Waals surface area (Å²) in [4.78, 5) is 23.6. The van der Waals surface area contributed by atoms with Gasteiger partial charge >= 0.3 is 12.0 Å². The molecular weight excluding hydrogens is 224 g/mol. The van der Waals surface area contributed by atoms with E-state index in [2.05, 4.69) is 5.32 Å². The number of phenolic OH excluding ortho intramolecular Hbond substituents is 1. The molecule has 0 atom stereocenters. The first-order valence-electron chi connectivity index (χ1n) is 5.04. The van der Waals surface area contributed by atoms with Crippen LogP contribution in [0.25, 0.3) is 0 Å². The maximum Gasteiger partial charge on any atom is 0.335 e. The third-order valence-electron chi connectivity index (χ3n) is 2.31. The molecular formula is C11H14N2O4. The lowest BCUT2D eigenvalue weighted by Gasteiger charge is -2.16. The van der Waals surface area contributed by atoms with Gasteiger partial charge in [-0.15, -0.1) is 0 Å². The standard InChI is InChI=1S/C11H14N2O4/c1-3-13(2)11(17)12-8-5-4-7(10(15)16)6-9(8)14/h4-6,14H,3H2,1-2H3,(H,12,17)(H,15,16). The van der Waals surface area contributed by atoms with Crippen LogP contribution < -0.4 is 5.32 Å². The lowest BCUT2D eigenvalue weighted by Crippen LogP contribution is -2.30. The number of anilines is 1. The number of carboxylic acids is 1. The third-order valence-corrected chi connectivity index (χ3v) is 2.31. The van der Waals surface area contributed by atoms with Crippen molar-refractivity contribution in [1.82, 2.24) is 4.90 Å². The Hall–Kier alpha value is -2.24. The summed E-state index contributed by atoms with van der Waals surface area (Å²) in [7, 11) is 1.61. The molecule has 1 rings (SSSR count). The van der Waals surface area contributed by atoms with Gasteiger partial charge in [0.15, 0.2) is 0 Å². The molecule has 0 spiro atoms. The highest BCUT2D eigenvalue weighted by Crippen LogP contribution is 2.24. The molecule has 0 bridgehead atoms. The monoisotopic (exact) mass is 238 g/mol. The first-order valence-corrected chi connectivity index (χ1v) is 5.04. The summed E-state index contributed by atoms with van der Waals surface area (Å²) in [5.41, 5.74) is 0.143. The van der Waals surface area contributed by atoms with Gasteiger partial charge in [-0.1, -0.05) is 0 Å². The quantitative estimate of drug-likeness (QED) is 0.697. The number of nitrogens with zero attached hydrogens (tertiary/aromatic N) is 1. The number of rotatable bonds is 3. The topological polar surface area (TPSA) is 89.9 Å². The summed E-state index contributed by atoms with van der Waals surface area (Å²) in [5.74, 6) is -1.41. The van der Waals surface area contributed by atoms with E-state index in [1.165, 1.54) is 17.0 Å². The summed E-state index contributed by atoms with van der Waals surface area (Å²) in [6, 6.07) is 3.37. The Kier molecular flexibility index (Phi) is 3.92. The number of urea groups is 1. The number of phenols is 1. The Bertz CT molecular complexity index is 445. The Morgan fingerprint density at radius 1 is 1.41 bits per heavy atom. The molecule has 0 aliphatic heterocycles.